The highest BCUT2D eigenvalue weighted by Crippen LogP contribution is 2.35. The molecule has 0 unspecified atom stereocenters. The van der Waals surface area contributed by atoms with Crippen molar-refractivity contribution in [3.8, 4) is 33.5 Å². The minimum atomic E-state index is 0.590. The molecule has 0 saturated carbocycles. The molecule has 3 aromatic rings. The second-order valence-corrected chi connectivity index (χ2v) is 5.47. The lowest BCUT2D eigenvalue weighted by Gasteiger charge is -2.18. The predicted octanol–water partition coefficient (Wildman–Crippen LogP) is 3.64. The topological polar surface area (TPSA) is 44.2 Å². The first-order valence-electron chi connectivity index (χ1n) is 6.67. The van der Waals surface area contributed by atoms with Gasteiger partial charge in [0.05, 0.1) is 11.4 Å². The quantitative estimate of drug-likeness (QED) is 0.724. The Kier molecular flexibility index (Phi) is 3.05. The summed E-state index contributed by atoms with van der Waals surface area (Å²) in [7, 11) is 0. The van der Waals surface area contributed by atoms with E-state index < -0.39 is 0 Å². The van der Waals surface area contributed by atoms with Crippen molar-refractivity contribution >= 4 is 11.3 Å². The fourth-order valence-corrected chi connectivity index (χ4v) is 3.02. The molecule has 0 spiro atoms. The van der Waals surface area contributed by atoms with Gasteiger partial charge >= 0.3 is 0 Å². The number of thiazole rings is 1. The lowest BCUT2D eigenvalue weighted by Crippen LogP contribution is -2.15. The first-order chi connectivity index (χ1) is 10.4. The third-order valence-corrected chi connectivity index (χ3v) is 4.09. The number of pyridine rings is 1. The summed E-state index contributed by atoms with van der Waals surface area (Å²) in [6.07, 6.45) is 1.78. The molecule has 5 heteroatoms. The van der Waals surface area contributed by atoms with Crippen molar-refractivity contribution in [3.63, 3.8) is 0 Å². The van der Waals surface area contributed by atoms with E-state index in [1.165, 1.54) is 0 Å². The van der Waals surface area contributed by atoms with Crippen LogP contribution in [0.1, 0.15) is 0 Å². The smallest absolute Gasteiger partial charge is 0.162 e. The Bertz CT molecular complexity index is 771. The third-order valence-electron chi connectivity index (χ3n) is 3.23. The zero-order valence-corrected chi connectivity index (χ0v) is 12.0. The van der Waals surface area contributed by atoms with Gasteiger partial charge in [-0.25, -0.2) is 4.98 Å². The average molecular weight is 296 g/mol. The van der Waals surface area contributed by atoms with E-state index >= 15 is 0 Å². The molecule has 1 aromatic carbocycles. The van der Waals surface area contributed by atoms with Gasteiger partial charge in [0.2, 0.25) is 0 Å². The summed E-state index contributed by atoms with van der Waals surface area (Å²) >= 11 is 1.59. The van der Waals surface area contributed by atoms with Crippen LogP contribution >= 0.6 is 11.3 Å². The summed E-state index contributed by atoms with van der Waals surface area (Å²) in [5.41, 5.74) is 2.85. The van der Waals surface area contributed by atoms with Gasteiger partial charge in [-0.2, -0.15) is 0 Å². The van der Waals surface area contributed by atoms with E-state index in [0.717, 1.165) is 33.5 Å². The molecule has 0 radical (unpaired) electrons. The lowest BCUT2D eigenvalue weighted by molar-refractivity contribution is 0.171. The third kappa shape index (κ3) is 2.36. The van der Waals surface area contributed by atoms with Crippen LogP contribution in [0.25, 0.3) is 22.0 Å². The minimum Gasteiger partial charge on any atom is -0.486 e. The number of hydrogen-bond acceptors (Lipinski definition) is 5. The van der Waals surface area contributed by atoms with Crippen LogP contribution in [0, 0.1) is 0 Å². The Morgan fingerprint density at radius 2 is 1.86 bits per heavy atom. The molecule has 4 nitrogen and oxygen atoms in total. The summed E-state index contributed by atoms with van der Waals surface area (Å²) in [5, 5.41) is 2.95. The average Bonchev–Trinajstić information content (AvgIpc) is 3.05. The van der Waals surface area contributed by atoms with E-state index in [1.54, 1.807) is 17.5 Å². The second kappa shape index (κ2) is 5.18. The van der Waals surface area contributed by atoms with Gasteiger partial charge in [-0.1, -0.05) is 6.07 Å². The van der Waals surface area contributed by atoms with Crippen molar-refractivity contribution in [1.82, 2.24) is 9.97 Å². The van der Waals surface area contributed by atoms with Crippen LogP contribution in [0.15, 0.2) is 48.0 Å². The van der Waals surface area contributed by atoms with E-state index in [-0.39, 0.29) is 0 Å². The number of aromatic nitrogens is 2. The molecule has 0 saturated heterocycles. The molecule has 0 aliphatic carbocycles. The molecule has 0 bridgehead atoms. The largest absolute Gasteiger partial charge is 0.486 e. The molecule has 3 heterocycles. The van der Waals surface area contributed by atoms with Crippen LogP contribution in [0.4, 0.5) is 0 Å². The zero-order chi connectivity index (χ0) is 14.1. The highest BCUT2D eigenvalue weighted by molar-refractivity contribution is 7.13. The monoisotopic (exact) mass is 296 g/mol. The van der Waals surface area contributed by atoms with Gasteiger partial charge in [0.25, 0.3) is 0 Å². The van der Waals surface area contributed by atoms with Crippen molar-refractivity contribution < 1.29 is 9.47 Å². The molecule has 0 atom stereocenters. The molecule has 0 fully saturated rings. The van der Waals surface area contributed by atoms with Crippen LogP contribution in [0.5, 0.6) is 11.5 Å². The second-order valence-electron chi connectivity index (χ2n) is 4.61. The summed E-state index contributed by atoms with van der Waals surface area (Å²) in [5.74, 6) is 1.58. The van der Waals surface area contributed by atoms with Crippen LogP contribution < -0.4 is 9.47 Å². The normalized spacial score (nSPS) is 13.1. The Balaban J connectivity index is 1.70. The van der Waals surface area contributed by atoms with Gasteiger partial charge in [0.1, 0.15) is 18.2 Å². The zero-order valence-electron chi connectivity index (χ0n) is 11.2. The van der Waals surface area contributed by atoms with Crippen molar-refractivity contribution in [2.75, 3.05) is 13.2 Å². The number of ether oxygens (including phenoxy) is 2. The highest BCUT2D eigenvalue weighted by atomic mass is 32.1. The standard InChI is InChI=1S/C16H12N2O2S/c1-2-6-17-12(3-1)16-18-13(10-21-16)11-4-5-14-15(9-11)20-8-7-19-14/h1-6,9-10H,7-8H2. The van der Waals surface area contributed by atoms with Crippen LogP contribution in [0.2, 0.25) is 0 Å². The summed E-state index contributed by atoms with van der Waals surface area (Å²) in [6, 6.07) is 11.7. The molecule has 21 heavy (non-hydrogen) atoms. The number of fused-ring (bicyclic) bond motifs is 1. The van der Waals surface area contributed by atoms with Crippen LogP contribution in [0.3, 0.4) is 0 Å². The Morgan fingerprint density at radius 3 is 2.71 bits per heavy atom. The lowest BCUT2D eigenvalue weighted by atomic mass is 10.1. The number of nitrogens with zero attached hydrogens (tertiary/aromatic N) is 2. The maximum absolute atomic E-state index is 5.62. The van der Waals surface area contributed by atoms with E-state index in [9.17, 15) is 0 Å². The maximum atomic E-state index is 5.62. The van der Waals surface area contributed by atoms with Crippen LogP contribution in [-0.2, 0) is 0 Å². The Hall–Kier alpha value is -2.40. The molecule has 104 valence electrons. The predicted molar refractivity (Wildman–Crippen MR) is 81.8 cm³/mol. The van der Waals surface area contributed by atoms with Crippen molar-refractivity contribution in [2.45, 2.75) is 0 Å². The van der Waals surface area contributed by atoms with Crippen molar-refractivity contribution in [3.05, 3.63) is 48.0 Å². The summed E-state index contributed by atoms with van der Waals surface area (Å²) in [4.78, 5) is 8.99. The SMILES string of the molecule is c1ccc(-c2nc(-c3ccc4c(c3)OCCO4)cs2)nc1. The highest BCUT2D eigenvalue weighted by Gasteiger charge is 2.14. The molecule has 4 rings (SSSR count). The first kappa shape index (κ1) is 12.3. The number of benzene rings is 1. The number of hydrogen-bond donors (Lipinski definition) is 0. The van der Waals surface area contributed by atoms with E-state index in [1.807, 2.05) is 41.8 Å². The van der Waals surface area contributed by atoms with E-state index in [0.29, 0.717) is 13.2 Å². The van der Waals surface area contributed by atoms with Gasteiger partial charge in [-0.15, -0.1) is 11.3 Å². The first-order valence-corrected chi connectivity index (χ1v) is 7.55. The molecular weight excluding hydrogens is 284 g/mol. The van der Waals surface area contributed by atoms with Gasteiger partial charge in [0, 0.05) is 17.1 Å². The van der Waals surface area contributed by atoms with Gasteiger partial charge < -0.3 is 9.47 Å². The van der Waals surface area contributed by atoms with Crippen molar-refractivity contribution in [1.29, 1.82) is 0 Å². The van der Waals surface area contributed by atoms with Gasteiger partial charge in [-0.3, -0.25) is 4.98 Å². The molecule has 2 aromatic heterocycles. The molecular formula is C16H12N2O2S. The fourth-order valence-electron chi connectivity index (χ4n) is 2.22. The van der Waals surface area contributed by atoms with E-state index in [4.69, 9.17) is 9.47 Å². The van der Waals surface area contributed by atoms with Gasteiger partial charge in [0.15, 0.2) is 11.5 Å². The summed E-state index contributed by atoms with van der Waals surface area (Å²) in [6.45, 7) is 1.19. The minimum absolute atomic E-state index is 0.590. The summed E-state index contributed by atoms with van der Waals surface area (Å²) < 4.78 is 11.2. The molecule has 1 aliphatic rings. The molecule has 0 amide bonds. The van der Waals surface area contributed by atoms with E-state index in [2.05, 4.69) is 9.97 Å². The number of rotatable bonds is 2. The maximum Gasteiger partial charge on any atom is 0.162 e. The fraction of sp³-hybridized carbons (Fsp3) is 0.125. The Morgan fingerprint density at radius 1 is 0.952 bits per heavy atom. The molecule has 1 aliphatic heterocycles. The van der Waals surface area contributed by atoms with Crippen LogP contribution in [-0.4, -0.2) is 23.2 Å². The van der Waals surface area contributed by atoms with Gasteiger partial charge in [-0.05, 0) is 30.3 Å². The van der Waals surface area contributed by atoms with Crippen molar-refractivity contribution in [2.24, 2.45) is 0 Å². The molecule has 0 N–H and O–H groups in total. The Labute approximate surface area is 126 Å².